The van der Waals surface area contributed by atoms with Crippen molar-refractivity contribution in [3.8, 4) is 11.5 Å². The summed E-state index contributed by atoms with van der Waals surface area (Å²) < 4.78 is 10.6. The van der Waals surface area contributed by atoms with Gasteiger partial charge in [-0.25, -0.2) is 0 Å². The van der Waals surface area contributed by atoms with Crippen molar-refractivity contribution in [3.63, 3.8) is 0 Å². The molecule has 20 heavy (non-hydrogen) atoms. The molecular formula is C16H15ClO3. The quantitative estimate of drug-likeness (QED) is 0.783. The van der Waals surface area contributed by atoms with Gasteiger partial charge in [0.15, 0.2) is 12.4 Å². The van der Waals surface area contributed by atoms with Crippen LogP contribution in [0.1, 0.15) is 15.9 Å². The van der Waals surface area contributed by atoms with Crippen LogP contribution in [0.4, 0.5) is 0 Å². The van der Waals surface area contributed by atoms with E-state index < -0.39 is 0 Å². The van der Waals surface area contributed by atoms with Gasteiger partial charge in [-0.15, -0.1) is 0 Å². The largest absolute Gasteiger partial charge is 0.497 e. The molecule has 0 fully saturated rings. The molecule has 0 aliphatic heterocycles. The van der Waals surface area contributed by atoms with Gasteiger partial charge in [0.1, 0.15) is 11.5 Å². The van der Waals surface area contributed by atoms with Gasteiger partial charge in [-0.3, -0.25) is 4.79 Å². The maximum atomic E-state index is 12.1. The van der Waals surface area contributed by atoms with E-state index in [1.807, 2.05) is 6.92 Å². The highest BCUT2D eigenvalue weighted by Gasteiger charge is 2.09. The molecule has 4 heteroatoms. The van der Waals surface area contributed by atoms with Gasteiger partial charge < -0.3 is 9.47 Å². The second-order valence-electron chi connectivity index (χ2n) is 4.35. The molecule has 0 saturated heterocycles. The molecule has 104 valence electrons. The fraction of sp³-hybridized carbons (Fsp3) is 0.188. The van der Waals surface area contributed by atoms with Crippen LogP contribution in [0.3, 0.4) is 0 Å². The summed E-state index contributed by atoms with van der Waals surface area (Å²) in [5, 5.41) is 0.647. The van der Waals surface area contributed by atoms with Gasteiger partial charge in [-0.05, 0) is 42.8 Å². The van der Waals surface area contributed by atoms with E-state index >= 15 is 0 Å². The number of Topliss-reactive ketones (excluding diaryl/α,β-unsaturated/α-hetero) is 1. The van der Waals surface area contributed by atoms with Gasteiger partial charge in [0.05, 0.1) is 7.11 Å². The number of ketones is 1. The Balaban J connectivity index is 2.04. The Morgan fingerprint density at radius 3 is 2.70 bits per heavy atom. The van der Waals surface area contributed by atoms with E-state index in [1.165, 1.54) is 0 Å². The van der Waals surface area contributed by atoms with Crippen molar-refractivity contribution >= 4 is 17.4 Å². The Morgan fingerprint density at radius 2 is 2.00 bits per heavy atom. The zero-order valence-corrected chi connectivity index (χ0v) is 12.1. The summed E-state index contributed by atoms with van der Waals surface area (Å²) in [6.45, 7) is 1.87. The van der Waals surface area contributed by atoms with Crippen molar-refractivity contribution in [2.75, 3.05) is 13.7 Å². The molecule has 2 aromatic rings. The summed E-state index contributed by atoms with van der Waals surface area (Å²) in [5.74, 6) is 1.21. The van der Waals surface area contributed by atoms with Gasteiger partial charge in [0.25, 0.3) is 0 Å². The normalized spacial score (nSPS) is 10.2. The molecule has 0 saturated carbocycles. The molecule has 0 atom stereocenters. The van der Waals surface area contributed by atoms with Crippen molar-refractivity contribution in [1.29, 1.82) is 0 Å². The molecule has 0 aliphatic rings. The molecule has 2 aromatic carbocycles. The van der Waals surface area contributed by atoms with Crippen LogP contribution in [0.2, 0.25) is 5.02 Å². The number of benzene rings is 2. The maximum Gasteiger partial charge on any atom is 0.200 e. The van der Waals surface area contributed by atoms with Crippen LogP contribution in [-0.2, 0) is 0 Å². The van der Waals surface area contributed by atoms with Crippen molar-refractivity contribution < 1.29 is 14.3 Å². The van der Waals surface area contributed by atoms with E-state index in [2.05, 4.69) is 0 Å². The molecule has 2 rings (SSSR count). The molecule has 0 spiro atoms. The average Bonchev–Trinajstić information content (AvgIpc) is 2.46. The van der Waals surface area contributed by atoms with Gasteiger partial charge in [0.2, 0.25) is 0 Å². The number of halogens is 1. The minimum atomic E-state index is -0.0988. The predicted molar refractivity (Wildman–Crippen MR) is 79.0 cm³/mol. The van der Waals surface area contributed by atoms with Gasteiger partial charge in [-0.2, -0.15) is 0 Å². The van der Waals surface area contributed by atoms with E-state index in [9.17, 15) is 4.79 Å². The molecule has 0 aromatic heterocycles. The molecule has 0 N–H and O–H groups in total. The SMILES string of the molecule is COc1cccc(C(=O)COc2ccc(Cl)cc2C)c1. The van der Waals surface area contributed by atoms with Crippen LogP contribution < -0.4 is 9.47 Å². The summed E-state index contributed by atoms with van der Waals surface area (Å²) in [5.41, 5.74) is 1.46. The molecule has 0 unspecified atom stereocenters. The van der Waals surface area contributed by atoms with E-state index in [0.29, 0.717) is 22.1 Å². The number of ether oxygens (including phenoxy) is 2. The fourth-order valence-corrected chi connectivity index (χ4v) is 2.02. The second kappa shape index (κ2) is 6.44. The summed E-state index contributed by atoms with van der Waals surface area (Å²) in [4.78, 5) is 12.1. The Hall–Kier alpha value is -2.00. The zero-order valence-electron chi connectivity index (χ0n) is 11.4. The first kappa shape index (κ1) is 14.4. The second-order valence-corrected chi connectivity index (χ2v) is 4.79. The van der Waals surface area contributed by atoms with E-state index in [4.69, 9.17) is 21.1 Å². The highest BCUT2D eigenvalue weighted by atomic mass is 35.5. The molecule has 0 amide bonds. The lowest BCUT2D eigenvalue weighted by Crippen LogP contribution is -2.12. The Labute approximate surface area is 123 Å². The lowest BCUT2D eigenvalue weighted by atomic mass is 10.1. The van der Waals surface area contributed by atoms with Crippen LogP contribution in [-0.4, -0.2) is 19.5 Å². The van der Waals surface area contributed by atoms with Crippen molar-refractivity contribution in [2.24, 2.45) is 0 Å². The van der Waals surface area contributed by atoms with Crippen LogP contribution in [0.5, 0.6) is 11.5 Å². The van der Waals surface area contributed by atoms with Crippen LogP contribution in [0.15, 0.2) is 42.5 Å². The summed E-state index contributed by atoms with van der Waals surface area (Å²) in [6.07, 6.45) is 0. The lowest BCUT2D eigenvalue weighted by Gasteiger charge is -2.09. The van der Waals surface area contributed by atoms with Gasteiger partial charge in [-0.1, -0.05) is 23.7 Å². The van der Waals surface area contributed by atoms with Crippen LogP contribution in [0.25, 0.3) is 0 Å². The third-order valence-electron chi connectivity index (χ3n) is 2.89. The maximum absolute atomic E-state index is 12.1. The summed E-state index contributed by atoms with van der Waals surface area (Å²) in [7, 11) is 1.57. The molecule has 3 nitrogen and oxygen atoms in total. The van der Waals surface area contributed by atoms with Gasteiger partial charge >= 0.3 is 0 Å². The minimum absolute atomic E-state index is 0.0182. The molecule has 0 bridgehead atoms. The monoisotopic (exact) mass is 290 g/mol. The smallest absolute Gasteiger partial charge is 0.200 e. The molecule has 0 heterocycles. The average molecular weight is 291 g/mol. The van der Waals surface area contributed by atoms with Gasteiger partial charge in [0, 0.05) is 10.6 Å². The zero-order chi connectivity index (χ0) is 14.5. The summed E-state index contributed by atoms with van der Waals surface area (Å²) in [6, 6.07) is 12.3. The number of rotatable bonds is 5. The predicted octanol–water partition coefficient (Wildman–Crippen LogP) is 3.92. The first-order chi connectivity index (χ1) is 9.60. The first-order valence-electron chi connectivity index (χ1n) is 6.16. The number of hydrogen-bond donors (Lipinski definition) is 0. The van der Waals surface area contributed by atoms with E-state index in [0.717, 1.165) is 5.56 Å². The third-order valence-corrected chi connectivity index (χ3v) is 3.12. The highest BCUT2D eigenvalue weighted by molar-refractivity contribution is 6.30. The van der Waals surface area contributed by atoms with Crippen molar-refractivity contribution in [2.45, 2.75) is 6.92 Å². The number of aryl methyl sites for hydroxylation is 1. The van der Waals surface area contributed by atoms with E-state index in [1.54, 1.807) is 49.6 Å². The Bertz CT molecular complexity index is 623. The van der Waals surface area contributed by atoms with Crippen molar-refractivity contribution in [1.82, 2.24) is 0 Å². The van der Waals surface area contributed by atoms with Crippen LogP contribution in [0, 0.1) is 6.92 Å². The molecular weight excluding hydrogens is 276 g/mol. The number of carbonyl (C=O) groups excluding carboxylic acids is 1. The highest BCUT2D eigenvalue weighted by Crippen LogP contribution is 2.22. The Kier molecular flexibility index (Phi) is 4.64. The first-order valence-corrected chi connectivity index (χ1v) is 6.54. The minimum Gasteiger partial charge on any atom is -0.497 e. The number of carbonyl (C=O) groups is 1. The molecule has 0 aliphatic carbocycles. The lowest BCUT2D eigenvalue weighted by molar-refractivity contribution is 0.0921. The topological polar surface area (TPSA) is 35.5 Å². The van der Waals surface area contributed by atoms with Crippen molar-refractivity contribution in [3.05, 3.63) is 58.6 Å². The molecule has 0 radical (unpaired) electrons. The van der Waals surface area contributed by atoms with E-state index in [-0.39, 0.29) is 12.4 Å². The number of methoxy groups -OCH3 is 1. The summed E-state index contributed by atoms with van der Waals surface area (Å²) >= 11 is 5.87. The standard InChI is InChI=1S/C16H15ClO3/c1-11-8-13(17)6-7-16(11)20-10-15(18)12-4-3-5-14(9-12)19-2/h3-9H,10H2,1-2H3. The third kappa shape index (κ3) is 3.52. The fourth-order valence-electron chi connectivity index (χ4n) is 1.80. The van der Waals surface area contributed by atoms with Crippen LogP contribution >= 0.6 is 11.6 Å². The Morgan fingerprint density at radius 1 is 1.20 bits per heavy atom. The number of hydrogen-bond acceptors (Lipinski definition) is 3.